The van der Waals surface area contributed by atoms with Crippen molar-refractivity contribution in [1.82, 2.24) is 14.9 Å². The second kappa shape index (κ2) is 10.5. The van der Waals surface area contributed by atoms with E-state index in [0.717, 1.165) is 35.7 Å². The first-order valence-electron chi connectivity index (χ1n) is 8.83. The van der Waals surface area contributed by atoms with Gasteiger partial charge >= 0.3 is 5.97 Å². The predicted octanol–water partition coefficient (Wildman–Crippen LogP) is 1.74. The van der Waals surface area contributed by atoms with Gasteiger partial charge in [-0.15, -0.1) is 10.2 Å². The van der Waals surface area contributed by atoms with E-state index in [1.807, 2.05) is 0 Å². The molecule has 0 aliphatic carbocycles. The molecule has 0 unspecified atom stereocenters. The van der Waals surface area contributed by atoms with Crippen molar-refractivity contribution in [2.75, 3.05) is 23.5 Å². The van der Waals surface area contributed by atoms with Crippen LogP contribution in [-0.2, 0) is 9.53 Å². The number of aryl methyl sites for hydroxylation is 1. The minimum Gasteiger partial charge on any atom is -0.462 e. The van der Waals surface area contributed by atoms with Gasteiger partial charge in [0.05, 0.1) is 17.9 Å². The molecular formula is C18H23N5O4S. The maximum atomic E-state index is 12.1. The zero-order valence-corrected chi connectivity index (χ0v) is 16.6. The number of nitrogen functional groups attached to an aromatic ring is 1. The number of nitrogens with one attached hydrogen (secondary N) is 1. The molecule has 3 N–H and O–H groups in total. The van der Waals surface area contributed by atoms with Gasteiger partial charge in [-0.25, -0.2) is 4.79 Å². The number of amides is 1. The highest BCUT2D eigenvalue weighted by Gasteiger charge is 2.11. The largest absolute Gasteiger partial charge is 0.462 e. The van der Waals surface area contributed by atoms with Crippen LogP contribution in [0.1, 0.15) is 42.2 Å². The Morgan fingerprint density at radius 3 is 2.61 bits per heavy atom. The van der Waals surface area contributed by atoms with Crippen molar-refractivity contribution < 1.29 is 14.3 Å². The molecule has 1 aromatic heterocycles. The lowest BCUT2D eigenvalue weighted by molar-refractivity contribution is -0.113. The number of carbonyl (C=O) groups is 2. The predicted molar refractivity (Wildman–Crippen MR) is 107 cm³/mol. The quantitative estimate of drug-likeness (QED) is 0.279. The summed E-state index contributed by atoms with van der Waals surface area (Å²) < 4.78 is 6.05. The van der Waals surface area contributed by atoms with Crippen LogP contribution >= 0.6 is 11.8 Å². The monoisotopic (exact) mass is 405 g/mol. The van der Waals surface area contributed by atoms with Crippen LogP contribution in [0.5, 0.6) is 0 Å². The second-order valence-electron chi connectivity index (χ2n) is 6.00. The van der Waals surface area contributed by atoms with Crippen LogP contribution in [0.15, 0.2) is 34.2 Å². The van der Waals surface area contributed by atoms with Crippen molar-refractivity contribution in [3.8, 4) is 0 Å². The molecule has 0 saturated carbocycles. The number of nitrogens with two attached hydrogens (primary N) is 1. The smallest absolute Gasteiger partial charge is 0.338 e. The third-order valence-corrected chi connectivity index (χ3v) is 4.68. The highest BCUT2D eigenvalue weighted by Crippen LogP contribution is 2.14. The summed E-state index contributed by atoms with van der Waals surface area (Å²) in [6, 6.07) is 6.42. The number of thioether (sulfide) groups is 1. The minimum atomic E-state index is -0.463. The highest BCUT2D eigenvalue weighted by atomic mass is 32.2. The molecule has 1 amide bonds. The lowest BCUT2D eigenvalue weighted by Gasteiger charge is -2.08. The number of hydrogen-bond acceptors (Lipinski definition) is 8. The third kappa shape index (κ3) is 6.08. The maximum Gasteiger partial charge on any atom is 0.338 e. The number of hydrogen-bond donors (Lipinski definition) is 2. The number of rotatable bonds is 9. The zero-order chi connectivity index (χ0) is 20.5. The molecule has 1 heterocycles. The SMILES string of the molecule is CCCCCOC(=O)c1ccc(NC(=O)CSc2nnc(C)c(=O)n2N)cc1. The van der Waals surface area contributed by atoms with Crippen molar-refractivity contribution in [2.24, 2.45) is 0 Å². The average molecular weight is 405 g/mol. The van der Waals surface area contributed by atoms with E-state index in [2.05, 4.69) is 22.4 Å². The molecule has 0 fully saturated rings. The van der Waals surface area contributed by atoms with Crippen molar-refractivity contribution in [2.45, 2.75) is 38.3 Å². The van der Waals surface area contributed by atoms with Crippen LogP contribution in [0.4, 0.5) is 5.69 Å². The van der Waals surface area contributed by atoms with Gasteiger partial charge in [-0.3, -0.25) is 9.59 Å². The average Bonchev–Trinajstić information content (AvgIpc) is 2.69. The Bertz CT molecular complexity index is 883. The van der Waals surface area contributed by atoms with Gasteiger partial charge in [-0.05, 0) is 37.6 Å². The molecule has 0 aliphatic heterocycles. The van der Waals surface area contributed by atoms with E-state index in [4.69, 9.17) is 10.6 Å². The molecule has 28 heavy (non-hydrogen) atoms. The minimum absolute atomic E-state index is 0.00436. The van der Waals surface area contributed by atoms with Crippen molar-refractivity contribution in [3.63, 3.8) is 0 Å². The Morgan fingerprint density at radius 1 is 1.21 bits per heavy atom. The Balaban J connectivity index is 1.85. The molecule has 1 aromatic carbocycles. The standard InChI is InChI=1S/C18H23N5O4S/c1-3-4-5-10-27-17(26)13-6-8-14(9-7-13)20-15(24)11-28-18-22-21-12(2)16(25)23(18)19/h6-9H,3-5,10-11,19H2,1-2H3,(H,20,24). The Kier molecular flexibility index (Phi) is 8.00. The van der Waals surface area contributed by atoms with Crippen molar-refractivity contribution in [3.05, 3.63) is 45.9 Å². The fraction of sp³-hybridized carbons (Fsp3) is 0.389. The molecule has 10 heteroatoms. The van der Waals surface area contributed by atoms with Gasteiger partial charge in [0, 0.05) is 5.69 Å². The van der Waals surface area contributed by atoms with E-state index in [1.165, 1.54) is 6.92 Å². The van der Waals surface area contributed by atoms with Crippen LogP contribution in [0.25, 0.3) is 0 Å². The van der Waals surface area contributed by atoms with Gasteiger partial charge in [0.15, 0.2) is 0 Å². The van der Waals surface area contributed by atoms with E-state index >= 15 is 0 Å². The van der Waals surface area contributed by atoms with Crippen molar-refractivity contribution in [1.29, 1.82) is 0 Å². The molecule has 0 aliphatic rings. The van der Waals surface area contributed by atoms with E-state index in [-0.39, 0.29) is 28.5 Å². The fourth-order valence-corrected chi connectivity index (χ4v) is 2.84. The number of carbonyl (C=O) groups excluding carboxylic acids is 2. The molecule has 2 rings (SSSR count). The lowest BCUT2D eigenvalue weighted by atomic mass is 10.2. The second-order valence-corrected chi connectivity index (χ2v) is 6.94. The van der Waals surface area contributed by atoms with Crippen molar-refractivity contribution >= 4 is 29.3 Å². The van der Waals surface area contributed by atoms with Crippen LogP contribution in [-0.4, -0.2) is 39.1 Å². The zero-order valence-electron chi connectivity index (χ0n) is 15.8. The van der Waals surface area contributed by atoms with Gasteiger partial charge in [0.25, 0.3) is 5.56 Å². The molecule has 150 valence electrons. The number of aromatic nitrogens is 3. The lowest BCUT2D eigenvalue weighted by Crippen LogP contribution is -2.32. The van der Waals surface area contributed by atoms with Gasteiger partial charge in [-0.1, -0.05) is 31.5 Å². The summed E-state index contributed by atoms with van der Waals surface area (Å²) in [4.78, 5) is 35.7. The number of benzene rings is 1. The number of nitrogens with zero attached hydrogens (tertiary/aromatic N) is 3. The fourth-order valence-electron chi connectivity index (χ4n) is 2.19. The summed E-state index contributed by atoms with van der Waals surface area (Å²) in [6.45, 7) is 3.98. The topological polar surface area (TPSA) is 129 Å². The number of anilines is 1. The molecule has 0 spiro atoms. The van der Waals surface area contributed by atoms with Crippen LogP contribution in [0, 0.1) is 6.92 Å². The molecule has 2 aromatic rings. The van der Waals surface area contributed by atoms with E-state index in [1.54, 1.807) is 24.3 Å². The van der Waals surface area contributed by atoms with Crippen LogP contribution < -0.4 is 16.7 Å². The molecule has 0 saturated heterocycles. The van der Waals surface area contributed by atoms with E-state index < -0.39 is 5.56 Å². The molecule has 0 atom stereocenters. The summed E-state index contributed by atoms with van der Waals surface area (Å²) in [6.07, 6.45) is 2.92. The molecular weight excluding hydrogens is 382 g/mol. The highest BCUT2D eigenvalue weighted by molar-refractivity contribution is 7.99. The molecule has 0 bridgehead atoms. The third-order valence-electron chi connectivity index (χ3n) is 3.74. The first kappa shape index (κ1) is 21.4. The van der Waals surface area contributed by atoms with Crippen LogP contribution in [0.3, 0.4) is 0 Å². The Labute approximate surface area is 166 Å². The van der Waals surface area contributed by atoms with Gasteiger partial charge < -0.3 is 15.9 Å². The summed E-state index contributed by atoms with van der Waals surface area (Å²) >= 11 is 0.997. The summed E-state index contributed by atoms with van der Waals surface area (Å²) in [5.41, 5.74) is 0.676. The number of unbranched alkanes of at least 4 members (excludes halogenated alkanes) is 2. The van der Waals surface area contributed by atoms with E-state index in [9.17, 15) is 14.4 Å². The normalized spacial score (nSPS) is 10.5. The molecule has 0 radical (unpaired) electrons. The molecule has 9 nitrogen and oxygen atoms in total. The summed E-state index contributed by atoms with van der Waals surface area (Å²) in [7, 11) is 0. The number of esters is 1. The van der Waals surface area contributed by atoms with Crippen LogP contribution in [0.2, 0.25) is 0 Å². The van der Waals surface area contributed by atoms with Gasteiger partial charge in [0.2, 0.25) is 11.1 Å². The Morgan fingerprint density at radius 2 is 1.93 bits per heavy atom. The van der Waals surface area contributed by atoms with E-state index in [0.29, 0.717) is 17.9 Å². The number of ether oxygens (including phenoxy) is 1. The Hall–Kier alpha value is -2.88. The maximum absolute atomic E-state index is 12.1. The summed E-state index contributed by atoms with van der Waals surface area (Å²) in [5, 5.41) is 10.3. The van der Waals surface area contributed by atoms with Gasteiger partial charge in [0.1, 0.15) is 5.69 Å². The first-order chi connectivity index (χ1) is 13.4. The summed E-state index contributed by atoms with van der Waals surface area (Å²) in [5.74, 6) is 4.92. The van der Waals surface area contributed by atoms with Gasteiger partial charge in [-0.2, -0.15) is 4.68 Å². The first-order valence-corrected chi connectivity index (χ1v) is 9.82.